The van der Waals surface area contributed by atoms with Crippen LogP contribution in [-0.4, -0.2) is 44.3 Å². The van der Waals surface area contributed by atoms with E-state index in [1.165, 1.54) is 17.0 Å². The maximum Gasteiger partial charge on any atom is 0.264 e. The van der Waals surface area contributed by atoms with E-state index in [-0.39, 0.29) is 17.3 Å². The lowest BCUT2D eigenvalue weighted by atomic mass is 10.1. The molecular formula is C34H37N3O5S. The van der Waals surface area contributed by atoms with Gasteiger partial charge in [-0.2, -0.15) is 0 Å². The summed E-state index contributed by atoms with van der Waals surface area (Å²) in [7, 11) is -4.15. The van der Waals surface area contributed by atoms with E-state index < -0.39 is 28.5 Å². The highest BCUT2D eigenvalue weighted by atomic mass is 32.2. The van der Waals surface area contributed by atoms with Gasteiger partial charge in [0.2, 0.25) is 11.8 Å². The average Bonchev–Trinajstić information content (AvgIpc) is 3.02. The number of anilines is 1. The van der Waals surface area contributed by atoms with Crippen LogP contribution in [0.2, 0.25) is 0 Å². The van der Waals surface area contributed by atoms with Crippen molar-refractivity contribution in [3.63, 3.8) is 0 Å². The molecule has 0 aliphatic heterocycles. The molecule has 224 valence electrons. The number of ether oxygens (including phenoxy) is 1. The summed E-state index contributed by atoms with van der Waals surface area (Å²) in [5, 5.41) is 2.82. The molecule has 0 aliphatic rings. The molecule has 4 aromatic carbocycles. The SMILES string of the molecule is CCNC(=O)[C@@H](CC)N(Cc1ccccc1C)C(=O)CN(c1ccc(Oc2ccccc2)cc1)S(=O)(=O)c1ccccc1. The predicted octanol–water partition coefficient (Wildman–Crippen LogP) is 5.93. The molecule has 43 heavy (non-hydrogen) atoms. The van der Waals surface area contributed by atoms with Gasteiger partial charge < -0.3 is 15.0 Å². The zero-order valence-electron chi connectivity index (χ0n) is 24.6. The van der Waals surface area contributed by atoms with Crippen molar-refractivity contribution >= 4 is 27.5 Å². The first-order valence-electron chi connectivity index (χ1n) is 14.3. The molecule has 0 bridgehead atoms. The van der Waals surface area contributed by atoms with Crippen LogP contribution in [-0.2, 0) is 26.2 Å². The highest BCUT2D eigenvalue weighted by molar-refractivity contribution is 7.92. The molecule has 0 saturated heterocycles. The first-order valence-corrected chi connectivity index (χ1v) is 15.7. The Hall–Kier alpha value is -4.63. The van der Waals surface area contributed by atoms with E-state index in [1.807, 2.05) is 75.4 Å². The molecule has 0 fully saturated rings. The number of hydrogen-bond acceptors (Lipinski definition) is 5. The molecule has 0 radical (unpaired) electrons. The summed E-state index contributed by atoms with van der Waals surface area (Å²) in [6.45, 7) is 5.66. The summed E-state index contributed by atoms with van der Waals surface area (Å²) in [4.78, 5) is 28.8. The van der Waals surface area contributed by atoms with Crippen molar-refractivity contribution in [1.29, 1.82) is 0 Å². The van der Waals surface area contributed by atoms with Gasteiger partial charge in [-0.1, -0.05) is 67.6 Å². The van der Waals surface area contributed by atoms with E-state index >= 15 is 0 Å². The molecule has 0 unspecified atom stereocenters. The number of benzene rings is 4. The second-order valence-corrected chi connectivity index (χ2v) is 11.9. The highest BCUT2D eigenvalue weighted by Crippen LogP contribution is 2.29. The first kappa shape index (κ1) is 31.3. The van der Waals surface area contributed by atoms with Crippen LogP contribution >= 0.6 is 0 Å². The van der Waals surface area contributed by atoms with Gasteiger partial charge in [-0.3, -0.25) is 13.9 Å². The van der Waals surface area contributed by atoms with Crippen LogP contribution in [0.3, 0.4) is 0 Å². The number of carbonyl (C=O) groups excluding carboxylic acids is 2. The van der Waals surface area contributed by atoms with Crippen molar-refractivity contribution in [2.45, 2.75) is 44.7 Å². The fraction of sp³-hybridized carbons (Fsp3) is 0.235. The molecule has 4 rings (SSSR count). The maximum absolute atomic E-state index is 14.2. The Morgan fingerprint density at radius 3 is 1.98 bits per heavy atom. The molecule has 0 spiro atoms. The predicted molar refractivity (Wildman–Crippen MR) is 168 cm³/mol. The molecule has 0 aromatic heterocycles. The lowest BCUT2D eigenvalue weighted by Crippen LogP contribution is -2.52. The Bertz CT molecular complexity index is 1610. The number of hydrogen-bond donors (Lipinski definition) is 1. The molecule has 2 amide bonds. The van der Waals surface area contributed by atoms with Crippen molar-refractivity contribution in [2.24, 2.45) is 0 Å². The van der Waals surface area contributed by atoms with E-state index in [1.54, 1.807) is 42.5 Å². The Balaban J connectivity index is 1.72. The van der Waals surface area contributed by atoms with Crippen LogP contribution in [0.25, 0.3) is 0 Å². The van der Waals surface area contributed by atoms with Gasteiger partial charge in [-0.25, -0.2) is 8.42 Å². The molecule has 0 heterocycles. The summed E-state index contributed by atoms with van der Waals surface area (Å²) in [6, 6.07) is 30.6. The van der Waals surface area contributed by atoms with Crippen LogP contribution in [0.1, 0.15) is 31.4 Å². The summed E-state index contributed by atoms with van der Waals surface area (Å²) < 4.78 is 35.0. The van der Waals surface area contributed by atoms with E-state index in [4.69, 9.17) is 4.74 Å². The molecule has 0 saturated carbocycles. The lowest BCUT2D eigenvalue weighted by molar-refractivity contribution is -0.140. The summed E-state index contributed by atoms with van der Waals surface area (Å²) in [6.07, 6.45) is 0.362. The third kappa shape index (κ3) is 7.81. The second-order valence-electron chi connectivity index (χ2n) is 10.0. The largest absolute Gasteiger partial charge is 0.457 e. The van der Waals surface area contributed by atoms with Crippen molar-refractivity contribution < 1.29 is 22.7 Å². The van der Waals surface area contributed by atoms with Crippen LogP contribution in [0, 0.1) is 6.92 Å². The Morgan fingerprint density at radius 2 is 1.37 bits per heavy atom. The zero-order chi connectivity index (χ0) is 30.8. The van der Waals surface area contributed by atoms with Crippen molar-refractivity contribution in [2.75, 3.05) is 17.4 Å². The number of sulfonamides is 1. The van der Waals surface area contributed by atoms with Gasteiger partial charge in [-0.15, -0.1) is 0 Å². The molecule has 9 heteroatoms. The fourth-order valence-corrected chi connectivity index (χ4v) is 6.17. The van der Waals surface area contributed by atoms with Gasteiger partial charge in [0.15, 0.2) is 0 Å². The average molecular weight is 600 g/mol. The number of amides is 2. The fourth-order valence-electron chi connectivity index (χ4n) is 4.74. The topological polar surface area (TPSA) is 96.0 Å². The number of para-hydroxylation sites is 1. The highest BCUT2D eigenvalue weighted by Gasteiger charge is 2.33. The number of nitrogens with zero attached hydrogens (tertiary/aromatic N) is 2. The van der Waals surface area contributed by atoms with E-state index in [0.29, 0.717) is 30.2 Å². The Labute approximate surface area is 254 Å². The van der Waals surface area contributed by atoms with Crippen LogP contribution in [0.4, 0.5) is 5.69 Å². The van der Waals surface area contributed by atoms with E-state index in [9.17, 15) is 18.0 Å². The maximum atomic E-state index is 14.2. The molecule has 0 aliphatic carbocycles. The number of nitrogens with one attached hydrogen (secondary N) is 1. The van der Waals surface area contributed by atoms with Crippen molar-refractivity contribution in [1.82, 2.24) is 10.2 Å². The number of likely N-dealkylation sites (N-methyl/N-ethyl adjacent to an activating group) is 1. The van der Waals surface area contributed by atoms with Gasteiger partial charge in [0, 0.05) is 13.1 Å². The molecule has 4 aromatic rings. The van der Waals surface area contributed by atoms with Crippen LogP contribution in [0.5, 0.6) is 11.5 Å². The van der Waals surface area contributed by atoms with Crippen LogP contribution in [0.15, 0.2) is 114 Å². The molecule has 8 nitrogen and oxygen atoms in total. The van der Waals surface area contributed by atoms with E-state index in [0.717, 1.165) is 15.4 Å². The van der Waals surface area contributed by atoms with Crippen molar-refractivity contribution in [3.05, 3.63) is 120 Å². The third-order valence-electron chi connectivity index (χ3n) is 7.05. The number of carbonyl (C=O) groups is 2. The molecule has 1 N–H and O–H groups in total. The summed E-state index contributed by atoms with van der Waals surface area (Å²) in [5.74, 6) is 0.376. The Kier molecular flexibility index (Phi) is 10.6. The standard InChI is InChI=1S/C34H37N3O5S/c1-4-32(34(39)35-5-2)36(24-27-15-13-12-14-26(27)3)33(38)25-37(43(40,41)31-18-10-7-11-19-31)28-20-22-30(23-21-28)42-29-16-8-6-9-17-29/h6-23,32H,4-5,24-25H2,1-3H3,(H,35,39)/t32-/m1/s1. The number of aryl methyl sites for hydroxylation is 1. The molecule has 1 atom stereocenters. The van der Waals surface area contributed by atoms with Gasteiger partial charge >= 0.3 is 0 Å². The zero-order valence-corrected chi connectivity index (χ0v) is 25.5. The van der Waals surface area contributed by atoms with E-state index in [2.05, 4.69) is 5.32 Å². The first-order chi connectivity index (χ1) is 20.7. The van der Waals surface area contributed by atoms with Crippen LogP contribution < -0.4 is 14.4 Å². The minimum Gasteiger partial charge on any atom is -0.457 e. The van der Waals surface area contributed by atoms with Gasteiger partial charge in [0.05, 0.1) is 10.6 Å². The Morgan fingerprint density at radius 1 is 0.791 bits per heavy atom. The summed E-state index contributed by atoms with van der Waals surface area (Å²) >= 11 is 0. The van der Waals surface area contributed by atoms with Gasteiger partial charge in [0.1, 0.15) is 24.1 Å². The lowest BCUT2D eigenvalue weighted by Gasteiger charge is -2.33. The third-order valence-corrected chi connectivity index (χ3v) is 8.84. The second kappa shape index (κ2) is 14.5. The van der Waals surface area contributed by atoms with Gasteiger partial charge in [0.25, 0.3) is 10.0 Å². The summed E-state index contributed by atoms with van der Waals surface area (Å²) in [5.41, 5.74) is 2.13. The number of rotatable bonds is 13. The quantitative estimate of drug-likeness (QED) is 0.206. The smallest absolute Gasteiger partial charge is 0.264 e. The van der Waals surface area contributed by atoms with Crippen molar-refractivity contribution in [3.8, 4) is 11.5 Å². The monoisotopic (exact) mass is 599 g/mol. The minimum atomic E-state index is -4.15. The van der Waals surface area contributed by atoms with Gasteiger partial charge in [-0.05, 0) is 79.9 Å². The normalized spacial score (nSPS) is 11.8. The molecular weight excluding hydrogens is 562 g/mol. The minimum absolute atomic E-state index is 0.0497.